The monoisotopic (exact) mass is 288 g/mol. The smallest absolute Gasteiger partial charge is 0.261 e. The summed E-state index contributed by atoms with van der Waals surface area (Å²) < 4.78 is 27.0. The zero-order chi connectivity index (χ0) is 13.3. The summed E-state index contributed by atoms with van der Waals surface area (Å²) in [6.07, 6.45) is 1.07. The number of halogens is 1. The van der Waals surface area contributed by atoms with Gasteiger partial charge in [-0.25, -0.2) is 8.42 Å². The Hall–Kier alpha value is -1.60. The normalized spacial score (nSPS) is 11.7. The van der Waals surface area contributed by atoms with Crippen LogP contribution in [0, 0.1) is 0 Å². The van der Waals surface area contributed by atoms with Crippen molar-refractivity contribution in [3.63, 3.8) is 0 Å². The molecule has 0 aliphatic rings. The molecule has 1 aromatic heterocycles. The van der Waals surface area contributed by atoms with Gasteiger partial charge in [0.2, 0.25) is 0 Å². The molecule has 1 N–H and O–H groups in total. The molecule has 96 valence electrons. The number of aromatic hydroxyl groups is 1. The van der Waals surface area contributed by atoms with Crippen molar-refractivity contribution in [3.05, 3.63) is 29.0 Å². The average molecular weight is 289 g/mol. The van der Waals surface area contributed by atoms with Crippen LogP contribution in [0.15, 0.2) is 22.7 Å². The van der Waals surface area contributed by atoms with Gasteiger partial charge in [0.1, 0.15) is 11.5 Å². The highest BCUT2D eigenvalue weighted by Gasteiger charge is 2.15. The lowest BCUT2D eigenvalue weighted by molar-refractivity contribution is 0.419. The van der Waals surface area contributed by atoms with Crippen LogP contribution in [-0.4, -0.2) is 29.9 Å². The second kappa shape index (κ2) is 4.58. The van der Waals surface area contributed by atoms with E-state index in [9.17, 15) is 13.5 Å². The van der Waals surface area contributed by atoms with E-state index in [-0.39, 0.29) is 23.2 Å². The van der Waals surface area contributed by atoms with E-state index in [0.29, 0.717) is 10.6 Å². The third-order valence-electron chi connectivity index (χ3n) is 2.05. The van der Waals surface area contributed by atoms with Crippen molar-refractivity contribution < 1.29 is 18.0 Å². The number of hydrogen-bond donors (Lipinski definition) is 1. The van der Waals surface area contributed by atoms with Crippen LogP contribution in [-0.2, 0) is 15.6 Å². The zero-order valence-electron chi connectivity index (χ0n) is 9.29. The minimum absolute atomic E-state index is 0.0434. The van der Waals surface area contributed by atoms with Gasteiger partial charge >= 0.3 is 0 Å². The molecule has 0 spiro atoms. The molecule has 2 aromatic rings. The van der Waals surface area contributed by atoms with Gasteiger partial charge in [0.15, 0.2) is 15.7 Å². The van der Waals surface area contributed by atoms with Crippen molar-refractivity contribution in [2.75, 3.05) is 6.26 Å². The van der Waals surface area contributed by atoms with Crippen molar-refractivity contribution >= 4 is 21.4 Å². The quantitative estimate of drug-likeness (QED) is 0.923. The molecule has 1 aromatic carbocycles. The van der Waals surface area contributed by atoms with E-state index >= 15 is 0 Å². The van der Waals surface area contributed by atoms with Gasteiger partial charge in [-0.3, -0.25) is 0 Å². The highest BCUT2D eigenvalue weighted by Crippen LogP contribution is 2.30. The van der Waals surface area contributed by atoms with Gasteiger partial charge in [-0.05, 0) is 18.2 Å². The first-order chi connectivity index (χ1) is 8.35. The summed E-state index contributed by atoms with van der Waals surface area (Å²) in [5, 5.41) is 13.6. The van der Waals surface area contributed by atoms with Crippen LogP contribution in [0.3, 0.4) is 0 Å². The van der Waals surface area contributed by atoms with Crippen LogP contribution < -0.4 is 0 Å². The Morgan fingerprint density at radius 2 is 2.17 bits per heavy atom. The molecule has 0 amide bonds. The molecule has 0 fully saturated rings. The molecular formula is C10H9ClN2O4S. The first-order valence-electron chi connectivity index (χ1n) is 4.84. The third kappa shape index (κ3) is 2.99. The summed E-state index contributed by atoms with van der Waals surface area (Å²) in [5.74, 6) is -0.341. The van der Waals surface area contributed by atoms with E-state index in [1.807, 2.05) is 0 Å². The molecule has 0 saturated carbocycles. The molecule has 0 atom stereocenters. The lowest BCUT2D eigenvalue weighted by atomic mass is 10.2. The largest absolute Gasteiger partial charge is 0.507 e. The minimum atomic E-state index is -3.23. The maximum absolute atomic E-state index is 11.1. The molecule has 0 aliphatic heterocycles. The first kappa shape index (κ1) is 12.8. The molecule has 0 unspecified atom stereocenters. The summed E-state index contributed by atoms with van der Waals surface area (Å²) in [6.45, 7) is 0. The molecule has 0 radical (unpaired) electrons. The molecule has 0 aliphatic carbocycles. The number of phenolic OH excluding ortho intramolecular Hbond substituents is 1. The topological polar surface area (TPSA) is 93.3 Å². The SMILES string of the molecule is CS(=O)(=O)Cc1noc(-c2ccc(Cl)cc2O)n1. The van der Waals surface area contributed by atoms with Crippen molar-refractivity contribution in [2.45, 2.75) is 5.75 Å². The van der Waals surface area contributed by atoms with E-state index < -0.39 is 9.84 Å². The second-order valence-corrected chi connectivity index (χ2v) is 6.32. The van der Waals surface area contributed by atoms with E-state index in [1.165, 1.54) is 12.1 Å². The highest BCUT2D eigenvalue weighted by molar-refractivity contribution is 7.89. The fraction of sp³-hybridized carbons (Fsp3) is 0.200. The van der Waals surface area contributed by atoms with Gasteiger partial charge in [-0.15, -0.1) is 0 Å². The zero-order valence-corrected chi connectivity index (χ0v) is 10.9. The summed E-state index contributed by atoms with van der Waals surface area (Å²) >= 11 is 5.69. The number of benzene rings is 1. The van der Waals surface area contributed by atoms with Crippen LogP contribution in [0.1, 0.15) is 5.82 Å². The number of phenols is 1. The lowest BCUT2D eigenvalue weighted by Gasteiger charge is -1.98. The Morgan fingerprint density at radius 1 is 1.44 bits per heavy atom. The van der Waals surface area contributed by atoms with Gasteiger partial charge in [0.25, 0.3) is 5.89 Å². The van der Waals surface area contributed by atoms with Crippen molar-refractivity contribution in [3.8, 4) is 17.2 Å². The highest BCUT2D eigenvalue weighted by atomic mass is 35.5. The Labute approximate surface area is 108 Å². The number of nitrogens with zero attached hydrogens (tertiary/aromatic N) is 2. The van der Waals surface area contributed by atoms with E-state index in [1.54, 1.807) is 6.07 Å². The van der Waals surface area contributed by atoms with Crippen molar-refractivity contribution in [1.82, 2.24) is 10.1 Å². The third-order valence-corrected chi connectivity index (χ3v) is 3.07. The van der Waals surface area contributed by atoms with E-state index in [2.05, 4.69) is 10.1 Å². The maximum Gasteiger partial charge on any atom is 0.261 e. The summed E-state index contributed by atoms with van der Waals surface area (Å²) in [6, 6.07) is 4.39. The number of hydrogen-bond acceptors (Lipinski definition) is 6. The molecule has 2 rings (SSSR count). The summed E-state index contributed by atoms with van der Waals surface area (Å²) in [7, 11) is -3.23. The Morgan fingerprint density at radius 3 is 2.78 bits per heavy atom. The number of aromatic nitrogens is 2. The number of rotatable bonds is 3. The Kier molecular flexibility index (Phi) is 3.27. The van der Waals surface area contributed by atoms with Gasteiger partial charge in [0, 0.05) is 11.3 Å². The molecule has 6 nitrogen and oxygen atoms in total. The maximum atomic E-state index is 11.1. The average Bonchev–Trinajstić information content (AvgIpc) is 2.63. The lowest BCUT2D eigenvalue weighted by Crippen LogP contribution is -2.02. The van der Waals surface area contributed by atoms with Crippen molar-refractivity contribution in [2.24, 2.45) is 0 Å². The minimum Gasteiger partial charge on any atom is -0.507 e. The fourth-order valence-corrected chi connectivity index (χ4v) is 2.09. The summed E-state index contributed by atoms with van der Waals surface area (Å²) in [4.78, 5) is 3.90. The standard InChI is InChI=1S/C10H9ClN2O4S/c1-18(15,16)5-9-12-10(17-13-9)7-3-2-6(11)4-8(7)14/h2-4,14H,5H2,1H3. The van der Waals surface area contributed by atoms with Crippen molar-refractivity contribution in [1.29, 1.82) is 0 Å². The van der Waals surface area contributed by atoms with Gasteiger partial charge in [-0.2, -0.15) is 4.98 Å². The van der Waals surface area contributed by atoms with Crippen LogP contribution in [0.4, 0.5) is 0 Å². The van der Waals surface area contributed by atoms with Crippen LogP contribution >= 0.6 is 11.6 Å². The second-order valence-electron chi connectivity index (χ2n) is 3.75. The molecule has 1 heterocycles. The molecule has 0 bridgehead atoms. The number of sulfone groups is 1. The van der Waals surface area contributed by atoms with E-state index in [0.717, 1.165) is 6.26 Å². The van der Waals surface area contributed by atoms with E-state index in [4.69, 9.17) is 16.1 Å². The van der Waals surface area contributed by atoms with Gasteiger partial charge in [0.05, 0.1) is 5.56 Å². The Balaban J connectivity index is 2.35. The van der Waals surface area contributed by atoms with Gasteiger partial charge in [-0.1, -0.05) is 16.8 Å². The molecule has 8 heteroatoms. The fourth-order valence-electron chi connectivity index (χ4n) is 1.34. The predicted molar refractivity (Wildman–Crippen MR) is 65.0 cm³/mol. The predicted octanol–water partition coefficient (Wildman–Crippen LogP) is 1.64. The van der Waals surface area contributed by atoms with Crippen LogP contribution in [0.2, 0.25) is 5.02 Å². The first-order valence-corrected chi connectivity index (χ1v) is 7.28. The van der Waals surface area contributed by atoms with Crippen LogP contribution in [0.5, 0.6) is 5.75 Å². The Bertz CT molecular complexity index is 681. The van der Waals surface area contributed by atoms with Crippen LogP contribution in [0.25, 0.3) is 11.5 Å². The molecule has 0 saturated heterocycles. The molecule has 18 heavy (non-hydrogen) atoms. The summed E-state index contributed by atoms with van der Waals surface area (Å²) in [5.41, 5.74) is 0.298. The van der Waals surface area contributed by atoms with Gasteiger partial charge < -0.3 is 9.63 Å². The molecular weight excluding hydrogens is 280 g/mol.